The fourth-order valence-electron chi connectivity index (χ4n) is 2.09. The van der Waals surface area contributed by atoms with Crippen molar-refractivity contribution >= 4 is 11.6 Å². The number of rotatable bonds is 4. The molecule has 2 N–H and O–H groups in total. The number of amides is 1. The smallest absolute Gasteiger partial charge is 0.270 e. The molecule has 0 saturated heterocycles. The summed E-state index contributed by atoms with van der Waals surface area (Å²) in [4.78, 5) is 16.1. The minimum Gasteiger partial charge on any atom is -0.387 e. The molecule has 0 radical (unpaired) electrons. The maximum absolute atomic E-state index is 13.5. The van der Waals surface area contributed by atoms with Gasteiger partial charge in [-0.1, -0.05) is 12.1 Å². The van der Waals surface area contributed by atoms with Crippen molar-refractivity contribution < 1.29 is 9.18 Å². The van der Waals surface area contributed by atoms with Gasteiger partial charge in [0.2, 0.25) is 0 Å². The molecule has 0 bridgehead atoms. The summed E-state index contributed by atoms with van der Waals surface area (Å²) < 4.78 is 13.5. The average molecular weight is 287 g/mol. The van der Waals surface area contributed by atoms with Gasteiger partial charge in [0.1, 0.15) is 11.5 Å². The van der Waals surface area contributed by atoms with Gasteiger partial charge in [0.25, 0.3) is 5.91 Å². The number of hydrogen-bond donors (Lipinski definition) is 2. The number of benzene rings is 1. The predicted molar refractivity (Wildman–Crippen MR) is 80.8 cm³/mol. The molecule has 4 nitrogen and oxygen atoms in total. The normalized spacial score (nSPS) is 10.3. The van der Waals surface area contributed by atoms with Crippen LogP contribution in [0.15, 0.2) is 30.5 Å². The zero-order chi connectivity index (χ0) is 15.4. The third-order valence-electron chi connectivity index (χ3n) is 3.23. The van der Waals surface area contributed by atoms with E-state index in [-0.39, 0.29) is 11.7 Å². The van der Waals surface area contributed by atoms with Gasteiger partial charge in [0, 0.05) is 13.6 Å². The van der Waals surface area contributed by atoms with Crippen LogP contribution in [-0.4, -0.2) is 17.9 Å². The van der Waals surface area contributed by atoms with Crippen molar-refractivity contribution in [2.45, 2.75) is 20.4 Å². The lowest BCUT2D eigenvalue weighted by molar-refractivity contribution is 0.0946. The Kier molecular flexibility index (Phi) is 4.52. The average Bonchev–Trinajstić information content (AvgIpc) is 2.50. The van der Waals surface area contributed by atoms with Gasteiger partial charge in [-0.3, -0.25) is 4.79 Å². The van der Waals surface area contributed by atoms with E-state index in [1.165, 1.54) is 0 Å². The van der Waals surface area contributed by atoms with E-state index < -0.39 is 0 Å². The Balaban J connectivity index is 2.03. The summed E-state index contributed by atoms with van der Waals surface area (Å²) in [5.41, 5.74) is 3.22. The molecule has 1 amide bonds. The molecule has 1 aromatic carbocycles. The highest BCUT2D eigenvalue weighted by atomic mass is 19.1. The molecule has 5 heteroatoms. The van der Waals surface area contributed by atoms with E-state index >= 15 is 0 Å². The standard InChI is InChI=1S/C16H18FN3O/c1-10-6-12(7-11(2)15(10)17)8-20-16(21)14-5-4-13(18-3)9-19-14/h4-7,9,18H,8H2,1-3H3,(H,20,21). The van der Waals surface area contributed by atoms with Crippen molar-refractivity contribution in [3.05, 3.63) is 58.7 Å². The number of aromatic nitrogens is 1. The van der Waals surface area contributed by atoms with Crippen molar-refractivity contribution in [2.75, 3.05) is 12.4 Å². The van der Waals surface area contributed by atoms with Gasteiger partial charge < -0.3 is 10.6 Å². The number of hydrogen-bond acceptors (Lipinski definition) is 3. The first-order valence-corrected chi connectivity index (χ1v) is 6.69. The lowest BCUT2D eigenvalue weighted by atomic mass is 10.1. The molecule has 1 heterocycles. The molecule has 0 atom stereocenters. The summed E-state index contributed by atoms with van der Waals surface area (Å²) >= 11 is 0. The Labute approximate surface area is 123 Å². The third-order valence-corrected chi connectivity index (χ3v) is 3.23. The number of carbonyl (C=O) groups excluding carboxylic acids is 1. The first kappa shape index (κ1) is 15.0. The van der Waals surface area contributed by atoms with Gasteiger partial charge in [0.05, 0.1) is 11.9 Å². The molecule has 21 heavy (non-hydrogen) atoms. The minimum atomic E-state index is -0.253. The second-order valence-corrected chi connectivity index (χ2v) is 4.91. The molecule has 0 fully saturated rings. The lowest BCUT2D eigenvalue weighted by Gasteiger charge is -2.08. The van der Waals surface area contributed by atoms with Crippen molar-refractivity contribution in [2.24, 2.45) is 0 Å². The summed E-state index contributed by atoms with van der Waals surface area (Å²) in [7, 11) is 1.79. The summed E-state index contributed by atoms with van der Waals surface area (Å²) in [6.45, 7) is 3.77. The van der Waals surface area contributed by atoms with Crippen molar-refractivity contribution in [3.8, 4) is 0 Å². The van der Waals surface area contributed by atoms with E-state index in [0.717, 1.165) is 11.3 Å². The zero-order valence-corrected chi connectivity index (χ0v) is 12.3. The first-order valence-electron chi connectivity index (χ1n) is 6.69. The molecule has 0 unspecified atom stereocenters. The van der Waals surface area contributed by atoms with E-state index in [9.17, 15) is 9.18 Å². The van der Waals surface area contributed by atoms with Crippen LogP contribution in [0.1, 0.15) is 27.2 Å². The van der Waals surface area contributed by atoms with E-state index in [2.05, 4.69) is 15.6 Å². The molecule has 2 aromatic rings. The van der Waals surface area contributed by atoms with Gasteiger partial charge in [-0.25, -0.2) is 9.37 Å². The van der Waals surface area contributed by atoms with Crippen LogP contribution < -0.4 is 10.6 Å². The number of halogens is 1. The van der Waals surface area contributed by atoms with Gasteiger partial charge in [0.15, 0.2) is 0 Å². The number of pyridine rings is 1. The Morgan fingerprint density at radius 2 is 1.90 bits per heavy atom. The van der Waals surface area contributed by atoms with Crippen LogP contribution >= 0.6 is 0 Å². The molecular weight excluding hydrogens is 269 g/mol. The number of carbonyl (C=O) groups is 1. The second kappa shape index (κ2) is 6.35. The van der Waals surface area contributed by atoms with Crippen molar-refractivity contribution in [1.82, 2.24) is 10.3 Å². The van der Waals surface area contributed by atoms with E-state index in [1.54, 1.807) is 51.4 Å². The highest BCUT2D eigenvalue weighted by Crippen LogP contribution is 2.14. The van der Waals surface area contributed by atoms with Crippen LogP contribution in [0.3, 0.4) is 0 Å². The Hall–Kier alpha value is -2.43. The zero-order valence-electron chi connectivity index (χ0n) is 12.3. The Morgan fingerprint density at radius 1 is 1.24 bits per heavy atom. The summed E-state index contributed by atoms with van der Waals surface area (Å²) in [6, 6.07) is 6.91. The van der Waals surface area contributed by atoms with E-state index in [1.807, 2.05) is 0 Å². The number of aryl methyl sites for hydroxylation is 2. The molecule has 0 saturated carbocycles. The lowest BCUT2D eigenvalue weighted by Crippen LogP contribution is -2.23. The predicted octanol–water partition coefficient (Wildman–Crippen LogP) is 2.81. The number of nitrogens with one attached hydrogen (secondary N) is 2. The maximum Gasteiger partial charge on any atom is 0.270 e. The van der Waals surface area contributed by atoms with Crippen LogP contribution in [-0.2, 0) is 6.54 Å². The molecule has 0 aliphatic heterocycles. The maximum atomic E-state index is 13.5. The Morgan fingerprint density at radius 3 is 2.43 bits per heavy atom. The van der Waals surface area contributed by atoms with Crippen molar-refractivity contribution in [3.63, 3.8) is 0 Å². The van der Waals surface area contributed by atoms with Crippen molar-refractivity contribution in [1.29, 1.82) is 0 Å². The molecular formula is C16H18FN3O. The first-order chi connectivity index (χ1) is 10.0. The summed E-state index contributed by atoms with van der Waals surface area (Å²) in [6.07, 6.45) is 1.60. The van der Waals surface area contributed by atoms with Crippen LogP contribution in [0.25, 0.3) is 0 Å². The van der Waals surface area contributed by atoms with Crippen LogP contribution in [0.2, 0.25) is 0 Å². The largest absolute Gasteiger partial charge is 0.387 e. The van der Waals surface area contributed by atoms with Crippen LogP contribution in [0.4, 0.5) is 10.1 Å². The summed E-state index contributed by atoms with van der Waals surface area (Å²) in [5.74, 6) is -0.452. The topological polar surface area (TPSA) is 54.0 Å². The molecule has 110 valence electrons. The highest BCUT2D eigenvalue weighted by Gasteiger charge is 2.08. The molecule has 1 aromatic heterocycles. The fourth-order valence-corrected chi connectivity index (χ4v) is 2.09. The minimum absolute atomic E-state index is 0.200. The molecule has 0 aliphatic rings. The molecule has 0 aliphatic carbocycles. The SMILES string of the molecule is CNc1ccc(C(=O)NCc2cc(C)c(F)c(C)c2)nc1. The number of anilines is 1. The molecule has 2 rings (SSSR count). The van der Waals surface area contributed by atoms with Gasteiger partial charge >= 0.3 is 0 Å². The quantitative estimate of drug-likeness (QED) is 0.909. The van der Waals surface area contributed by atoms with E-state index in [0.29, 0.717) is 23.4 Å². The van der Waals surface area contributed by atoms with Gasteiger partial charge in [-0.05, 0) is 42.7 Å². The number of nitrogens with zero attached hydrogens (tertiary/aromatic N) is 1. The third kappa shape index (κ3) is 3.56. The summed E-state index contributed by atoms with van der Waals surface area (Å²) in [5, 5.41) is 5.72. The highest BCUT2D eigenvalue weighted by molar-refractivity contribution is 5.92. The van der Waals surface area contributed by atoms with Crippen LogP contribution in [0, 0.1) is 19.7 Å². The second-order valence-electron chi connectivity index (χ2n) is 4.91. The van der Waals surface area contributed by atoms with Gasteiger partial charge in [-0.15, -0.1) is 0 Å². The molecule has 0 spiro atoms. The monoisotopic (exact) mass is 287 g/mol. The van der Waals surface area contributed by atoms with E-state index in [4.69, 9.17) is 0 Å². The fraction of sp³-hybridized carbons (Fsp3) is 0.250. The van der Waals surface area contributed by atoms with Gasteiger partial charge in [-0.2, -0.15) is 0 Å². The Bertz CT molecular complexity index is 630. The van der Waals surface area contributed by atoms with Crippen LogP contribution in [0.5, 0.6) is 0 Å².